The van der Waals surface area contributed by atoms with Gasteiger partial charge in [-0.15, -0.1) is 0 Å². The summed E-state index contributed by atoms with van der Waals surface area (Å²) in [7, 11) is -3.78. The van der Waals surface area contributed by atoms with Gasteiger partial charge in [-0.05, 0) is 49.6 Å². The molecule has 0 radical (unpaired) electrons. The van der Waals surface area contributed by atoms with Gasteiger partial charge >= 0.3 is 0 Å². The zero-order valence-electron chi connectivity index (χ0n) is 19.9. The first-order valence-corrected chi connectivity index (χ1v) is 13.8. The number of nitrogens with zero attached hydrogens (tertiary/aromatic N) is 2. The van der Waals surface area contributed by atoms with Gasteiger partial charge in [-0.1, -0.05) is 48.3 Å². The molecule has 0 aliphatic rings. The minimum Gasteiger partial charge on any atom is -0.355 e. The SMILES string of the molecule is CCNC(=O)[C@@H](CC)N(Cc1ccc(Cl)c(Cl)c1)C(=O)CCCN(c1ccccc1F)S(C)(=O)=O. The van der Waals surface area contributed by atoms with Crippen LogP contribution in [0.1, 0.15) is 38.7 Å². The number of sulfonamides is 1. The summed E-state index contributed by atoms with van der Waals surface area (Å²) in [6.45, 7) is 4.03. The van der Waals surface area contributed by atoms with Gasteiger partial charge in [-0.3, -0.25) is 13.9 Å². The van der Waals surface area contributed by atoms with Crippen LogP contribution in [0.4, 0.5) is 10.1 Å². The number of carbonyl (C=O) groups is 2. The lowest BCUT2D eigenvalue weighted by Crippen LogP contribution is -2.49. The molecule has 1 atom stereocenters. The standard InChI is InChI=1S/C24H30Cl2FN3O4S/c1-4-21(24(32)28-5-2)29(16-17-12-13-18(25)19(26)15-17)23(31)11-8-14-30(35(3,33)34)22-10-7-6-9-20(22)27/h6-7,9-10,12-13,15,21H,4-5,8,11,14,16H2,1-3H3,(H,28,32)/t21-/m1/s1. The molecule has 2 amide bonds. The molecule has 0 unspecified atom stereocenters. The van der Waals surface area contributed by atoms with Crippen LogP contribution in [-0.2, 0) is 26.2 Å². The molecule has 2 aromatic rings. The number of amides is 2. The summed E-state index contributed by atoms with van der Waals surface area (Å²) >= 11 is 12.1. The van der Waals surface area contributed by atoms with E-state index in [1.165, 1.54) is 23.1 Å². The van der Waals surface area contributed by atoms with Crippen LogP contribution in [0.2, 0.25) is 10.0 Å². The lowest BCUT2D eigenvalue weighted by molar-refractivity contribution is -0.141. The first-order chi connectivity index (χ1) is 16.5. The zero-order chi connectivity index (χ0) is 26.2. The minimum absolute atomic E-state index is 0.0439. The summed E-state index contributed by atoms with van der Waals surface area (Å²) in [6.07, 6.45) is 1.45. The van der Waals surface area contributed by atoms with Crippen molar-refractivity contribution in [3.05, 3.63) is 63.9 Å². The van der Waals surface area contributed by atoms with Gasteiger partial charge in [0.15, 0.2) is 0 Å². The fourth-order valence-electron chi connectivity index (χ4n) is 3.68. The number of para-hydroxylation sites is 1. The Kier molecular flexibility index (Phi) is 10.8. The third-order valence-corrected chi connectivity index (χ3v) is 7.27. The molecular weight excluding hydrogens is 516 g/mol. The number of hydrogen-bond acceptors (Lipinski definition) is 4. The van der Waals surface area contributed by atoms with Crippen molar-refractivity contribution in [2.24, 2.45) is 0 Å². The van der Waals surface area contributed by atoms with Crippen LogP contribution in [0.5, 0.6) is 0 Å². The number of carbonyl (C=O) groups excluding carboxylic acids is 2. The summed E-state index contributed by atoms with van der Waals surface area (Å²) in [5.74, 6) is -1.29. The van der Waals surface area contributed by atoms with Crippen molar-refractivity contribution < 1.29 is 22.4 Å². The zero-order valence-corrected chi connectivity index (χ0v) is 22.3. The first kappa shape index (κ1) is 28.9. The molecule has 0 bridgehead atoms. The molecule has 2 rings (SSSR count). The Labute approximate surface area is 216 Å². The Hall–Kier alpha value is -2.36. The fraction of sp³-hybridized carbons (Fsp3) is 0.417. The lowest BCUT2D eigenvalue weighted by Gasteiger charge is -2.31. The van der Waals surface area contributed by atoms with E-state index < -0.39 is 21.9 Å². The maximum atomic E-state index is 14.3. The van der Waals surface area contributed by atoms with Crippen molar-refractivity contribution in [2.75, 3.05) is 23.7 Å². The van der Waals surface area contributed by atoms with E-state index in [9.17, 15) is 22.4 Å². The van der Waals surface area contributed by atoms with Gasteiger partial charge in [0.05, 0.1) is 22.0 Å². The molecule has 0 saturated carbocycles. The van der Waals surface area contributed by atoms with Crippen molar-refractivity contribution in [1.29, 1.82) is 0 Å². The largest absolute Gasteiger partial charge is 0.355 e. The second-order valence-electron chi connectivity index (χ2n) is 7.98. The van der Waals surface area contributed by atoms with Crippen molar-refractivity contribution in [1.82, 2.24) is 10.2 Å². The number of halogens is 3. The van der Waals surface area contributed by atoms with Crippen LogP contribution < -0.4 is 9.62 Å². The Morgan fingerprint density at radius 3 is 2.34 bits per heavy atom. The van der Waals surface area contributed by atoms with Gasteiger partial charge < -0.3 is 10.2 Å². The highest BCUT2D eigenvalue weighted by Crippen LogP contribution is 2.25. The highest BCUT2D eigenvalue weighted by atomic mass is 35.5. The topological polar surface area (TPSA) is 86.8 Å². The molecule has 0 fully saturated rings. The van der Waals surface area contributed by atoms with Crippen LogP contribution in [-0.4, -0.2) is 50.5 Å². The van der Waals surface area contributed by atoms with E-state index in [0.717, 1.165) is 10.6 Å². The molecule has 7 nitrogen and oxygen atoms in total. The number of anilines is 1. The van der Waals surface area contributed by atoms with E-state index >= 15 is 0 Å². The minimum atomic E-state index is -3.78. The Balaban J connectivity index is 2.24. The van der Waals surface area contributed by atoms with E-state index in [4.69, 9.17) is 23.2 Å². The van der Waals surface area contributed by atoms with Crippen LogP contribution in [0.3, 0.4) is 0 Å². The Bertz CT molecular complexity index is 1150. The maximum absolute atomic E-state index is 14.3. The number of hydrogen-bond donors (Lipinski definition) is 1. The molecule has 0 aliphatic heterocycles. The molecule has 1 N–H and O–H groups in total. The molecule has 0 aromatic heterocycles. The van der Waals surface area contributed by atoms with Crippen molar-refractivity contribution in [3.63, 3.8) is 0 Å². The average molecular weight is 546 g/mol. The molecular formula is C24H30Cl2FN3O4S. The summed E-state index contributed by atoms with van der Waals surface area (Å²) in [4.78, 5) is 27.4. The van der Waals surface area contributed by atoms with Crippen LogP contribution >= 0.6 is 23.2 Å². The number of benzene rings is 2. The number of rotatable bonds is 12. The molecule has 2 aromatic carbocycles. The van der Waals surface area contributed by atoms with Gasteiger partial charge in [0.1, 0.15) is 11.9 Å². The van der Waals surface area contributed by atoms with Crippen molar-refractivity contribution in [3.8, 4) is 0 Å². The van der Waals surface area contributed by atoms with Gasteiger partial charge in [-0.25, -0.2) is 12.8 Å². The summed E-state index contributed by atoms with van der Waals surface area (Å²) in [5, 5.41) is 3.45. The Morgan fingerprint density at radius 1 is 1.09 bits per heavy atom. The summed E-state index contributed by atoms with van der Waals surface area (Å²) in [6, 6.07) is 9.81. The second-order valence-corrected chi connectivity index (χ2v) is 10.7. The number of nitrogens with one attached hydrogen (secondary N) is 1. The van der Waals surface area contributed by atoms with E-state index in [0.29, 0.717) is 28.6 Å². The van der Waals surface area contributed by atoms with Crippen molar-refractivity contribution >= 4 is 50.7 Å². The normalized spacial score (nSPS) is 12.2. The monoisotopic (exact) mass is 545 g/mol. The quantitative estimate of drug-likeness (QED) is 0.421. The highest BCUT2D eigenvalue weighted by molar-refractivity contribution is 7.92. The van der Waals surface area contributed by atoms with Gasteiger partial charge in [0.2, 0.25) is 21.8 Å². The summed E-state index contributed by atoms with van der Waals surface area (Å²) in [5.41, 5.74) is 0.614. The van der Waals surface area contributed by atoms with Gasteiger partial charge in [0.25, 0.3) is 0 Å². The average Bonchev–Trinajstić information content (AvgIpc) is 2.79. The molecule has 0 heterocycles. The van der Waals surface area contributed by atoms with Crippen LogP contribution in [0, 0.1) is 5.82 Å². The first-order valence-electron chi connectivity index (χ1n) is 11.2. The lowest BCUT2D eigenvalue weighted by atomic mass is 10.1. The van der Waals surface area contributed by atoms with E-state index in [2.05, 4.69) is 5.32 Å². The second kappa shape index (κ2) is 13.1. The molecule has 0 aliphatic carbocycles. The smallest absolute Gasteiger partial charge is 0.242 e. The molecule has 0 spiro atoms. The van der Waals surface area contributed by atoms with E-state index in [1.807, 2.05) is 0 Å². The molecule has 11 heteroatoms. The van der Waals surface area contributed by atoms with Crippen molar-refractivity contribution in [2.45, 2.75) is 45.7 Å². The third kappa shape index (κ3) is 8.08. The van der Waals surface area contributed by atoms with E-state index in [-0.39, 0.29) is 43.4 Å². The van der Waals surface area contributed by atoms with Gasteiger partial charge in [-0.2, -0.15) is 0 Å². The predicted molar refractivity (Wildman–Crippen MR) is 138 cm³/mol. The summed E-state index contributed by atoms with van der Waals surface area (Å²) < 4.78 is 39.8. The highest BCUT2D eigenvalue weighted by Gasteiger charge is 2.29. The third-order valence-electron chi connectivity index (χ3n) is 5.35. The predicted octanol–water partition coefficient (Wildman–Crippen LogP) is 4.62. The molecule has 192 valence electrons. The number of likely N-dealkylation sites (N-methyl/N-ethyl adjacent to an activating group) is 1. The molecule has 35 heavy (non-hydrogen) atoms. The fourth-order valence-corrected chi connectivity index (χ4v) is 4.97. The van der Waals surface area contributed by atoms with Gasteiger partial charge in [0, 0.05) is 26.1 Å². The van der Waals surface area contributed by atoms with E-state index in [1.54, 1.807) is 38.1 Å². The van der Waals surface area contributed by atoms with Crippen LogP contribution in [0.15, 0.2) is 42.5 Å². The van der Waals surface area contributed by atoms with Crippen LogP contribution in [0.25, 0.3) is 0 Å². The Morgan fingerprint density at radius 2 is 1.77 bits per heavy atom. The maximum Gasteiger partial charge on any atom is 0.242 e. The molecule has 0 saturated heterocycles.